The van der Waals surface area contributed by atoms with Crippen molar-refractivity contribution in [3.63, 3.8) is 0 Å². The average Bonchev–Trinajstić information content (AvgIpc) is 3.13. The Kier molecular flexibility index (Phi) is 6.64. The number of ether oxygens (including phenoxy) is 1. The highest BCUT2D eigenvalue weighted by Crippen LogP contribution is 2.22. The first-order valence-corrected chi connectivity index (χ1v) is 8.31. The fourth-order valence-corrected chi connectivity index (χ4v) is 2.88. The summed E-state index contributed by atoms with van der Waals surface area (Å²) in [5, 5.41) is 6.93. The standard InChI is InChI=1S/C17H17FN2O4S/c1-24-16(22)9-13(14-6-3-7-25-14)20-15(21)10-19-17(23)11-4-2-5-12(18)8-11/h2-8,13H,9-10H2,1H3,(H,19,23)(H,20,21). The number of thiophene rings is 1. The third-order valence-electron chi connectivity index (χ3n) is 3.32. The highest BCUT2D eigenvalue weighted by molar-refractivity contribution is 7.10. The van der Waals surface area contributed by atoms with E-state index < -0.39 is 29.6 Å². The van der Waals surface area contributed by atoms with Crippen LogP contribution in [0.1, 0.15) is 27.7 Å². The molecule has 1 heterocycles. The van der Waals surface area contributed by atoms with Crippen molar-refractivity contribution in [2.24, 2.45) is 0 Å². The fraction of sp³-hybridized carbons (Fsp3) is 0.235. The number of hydrogen-bond acceptors (Lipinski definition) is 5. The van der Waals surface area contributed by atoms with Crippen molar-refractivity contribution in [2.75, 3.05) is 13.7 Å². The van der Waals surface area contributed by atoms with E-state index in [1.165, 1.54) is 36.6 Å². The predicted octanol–water partition coefficient (Wildman–Crippen LogP) is 2.04. The maximum atomic E-state index is 13.1. The molecule has 0 saturated carbocycles. The number of benzene rings is 1. The van der Waals surface area contributed by atoms with Crippen molar-refractivity contribution in [2.45, 2.75) is 12.5 Å². The van der Waals surface area contributed by atoms with Crippen molar-refractivity contribution < 1.29 is 23.5 Å². The predicted molar refractivity (Wildman–Crippen MR) is 90.6 cm³/mol. The highest BCUT2D eigenvalue weighted by Gasteiger charge is 2.20. The number of methoxy groups -OCH3 is 1. The molecular formula is C17H17FN2O4S. The minimum Gasteiger partial charge on any atom is -0.469 e. The Morgan fingerprint density at radius 3 is 2.68 bits per heavy atom. The Morgan fingerprint density at radius 2 is 2.04 bits per heavy atom. The van der Waals surface area contributed by atoms with Crippen LogP contribution in [0, 0.1) is 5.82 Å². The summed E-state index contributed by atoms with van der Waals surface area (Å²) in [5.74, 6) is -2.02. The highest BCUT2D eigenvalue weighted by atomic mass is 32.1. The molecule has 2 amide bonds. The summed E-state index contributed by atoms with van der Waals surface area (Å²) in [6, 6.07) is 8.23. The first kappa shape index (κ1) is 18.6. The second-order valence-corrected chi connectivity index (χ2v) is 6.09. The molecule has 0 aliphatic rings. The van der Waals surface area contributed by atoms with Gasteiger partial charge in [0.1, 0.15) is 5.82 Å². The maximum Gasteiger partial charge on any atom is 0.307 e. The number of nitrogens with one attached hydrogen (secondary N) is 2. The van der Waals surface area contributed by atoms with Crippen molar-refractivity contribution in [1.29, 1.82) is 0 Å². The molecule has 1 atom stereocenters. The smallest absolute Gasteiger partial charge is 0.307 e. The van der Waals surface area contributed by atoms with Gasteiger partial charge in [-0.15, -0.1) is 11.3 Å². The Balaban J connectivity index is 1.92. The molecule has 0 spiro atoms. The van der Waals surface area contributed by atoms with Crippen LogP contribution in [0.25, 0.3) is 0 Å². The molecule has 0 fully saturated rings. The molecule has 0 aliphatic carbocycles. The SMILES string of the molecule is COC(=O)CC(NC(=O)CNC(=O)c1cccc(F)c1)c1cccs1. The van der Waals surface area contributed by atoms with E-state index >= 15 is 0 Å². The number of hydrogen-bond donors (Lipinski definition) is 2. The molecule has 6 nitrogen and oxygen atoms in total. The third kappa shape index (κ3) is 5.68. The molecule has 2 aromatic rings. The van der Waals surface area contributed by atoms with Gasteiger partial charge < -0.3 is 15.4 Å². The zero-order chi connectivity index (χ0) is 18.2. The fourth-order valence-electron chi connectivity index (χ4n) is 2.10. The second-order valence-electron chi connectivity index (χ2n) is 5.11. The van der Waals surface area contributed by atoms with Gasteiger partial charge in [0.05, 0.1) is 26.1 Å². The number of rotatable bonds is 7. The molecule has 2 N–H and O–H groups in total. The summed E-state index contributed by atoms with van der Waals surface area (Å²) >= 11 is 1.40. The van der Waals surface area contributed by atoms with Gasteiger partial charge in [-0.05, 0) is 29.6 Å². The summed E-state index contributed by atoms with van der Waals surface area (Å²) in [6.45, 7) is -0.293. The molecular weight excluding hydrogens is 347 g/mol. The lowest BCUT2D eigenvalue weighted by Gasteiger charge is -2.16. The van der Waals surface area contributed by atoms with E-state index in [1.807, 2.05) is 11.4 Å². The maximum absolute atomic E-state index is 13.1. The van der Waals surface area contributed by atoms with Gasteiger partial charge in [0.15, 0.2) is 0 Å². The largest absolute Gasteiger partial charge is 0.469 e. The lowest BCUT2D eigenvalue weighted by atomic mass is 10.1. The van der Waals surface area contributed by atoms with E-state index in [0.717, 1.165) is 10.9 Å². The molecule has 8 heteroatoms. The third-order valence-corrected chi connectivity index (χ3v) is 4.30. The van der Waals surface area contributed by atoms with E-state index in [1.54, 1.807) is 6.07 Å². The van der Waals surface area contributed by atoms with Crippen LogP contribution < -0.4 is 10.6 Å². The minimum absolute atomic E-state index is 0.0133. The summed E-state index contributed by atoms with van der Waals surface area (Å²) in [5.41, 5.74) is 0.122. The monoisotopic (exact) mass is 364 g/mol. The topological polar surface area (TPSA) is 84.5 Å². The van der Waals surface area contributed by atoms with Gasteiger partial charge in [-0.1, -0.05) is 12.1 Å². The van der Waals surface area contributed by atoms with Crippen LogP contribution in [0.4, 0.5) is 4.39 Å². The van der Waals surface area contributed by atoms with Gasteiger partial charge in [0.25, 0.3) is 5.91 Å². The number of carbonyl (C=O) groups excluding carboxylic acids is 3. The van der Waals surface area contributed by atoms with Crippen LogP contribution in [0.3, 0.4) is 0 Å². The summed E-state index contributed by atoms with van der Waals surface area (Å²) in [6.07, 6.45) is -0.0133. The van der Waals surface area contributed by atoms with E-state index in [0.29, 0.717) is 0 Å². The quantitative estimate of drug-likeness (QED) is 0.737. The summed E-state index contributed by atoms with van der Waals surface area (Å²) in [7, 11) is 1.27. The summed E-state index contributed by atoms with van der Waals surface area (Å²) in [4.78, 5) is 36.3. The lowest BCUT2D eigenvalue weighted by Crippen LogP contribution is -2.39. The van der Waals surface area contributed by atoms with E-state index in [4.69, 9.17) is 0 Å². The number of amides is 2. The van der Waals surface area contributed by atoms with Gasteiger partial charge in [-0.2, -0.15) is 0 Å². The van der Waals surface area contributed by atoms with Crippen molar-refractivity contribution in [3.8, 4) is 0 Å². The molecule has 0 radical (unpaired) electrons. The minimum atomic E-state index is -0.560. The molecule has 1 aromatic heterocycles. The van der Waals surface area contributed by atoms with Crippen LogP contribution >= 0.6 is 11.3 Å². The molecule has 1 unspecified atom stereocenters. The first-order chi connectivity index (χ1) is 12.0. The number of halogens is 1. The Hall–Kier alpha value is -2.74. The Labute approximate surface area is 148 Å². The van der Waals surface area contributed by atoms with Crippen LogP contribution in [-0.2, 0) is 14.3 Å². The van der Waals surface area contributed by atoms with Crippen molar-refractivity contribution >= 4 is 29.1 Å². The van der Waals surface area contributed by atoms with E-state index in [-0.39, 0.29) is 18.5 Å². The molecule has 0 saturated heterocycles. The summed E-state index contributed by atoms with van der Waals surface area (Å²) < 4.78 is 17.7. The Bertz CT molecular complexity index is 749. The van der Waals surface area contributed by atoms with Crippen LogP contribution in [0.2, 0.25) is 0 Å². The molecule has 25 heavy (non-hydrogen) atoms. The van der Waals surface area contributed by atoms with E-state index in [9.17, 15) is 18.8 Å². The van der Waals surface area contributed by atoms with Gasteiger partial charge in [-0.25, -0.2) is 4.39 Å². The van der Waals surface area contributed by atoms with Crippen LogP contribution in [0.5, 0.6) is 0 Å². The van der Waals surface area contributed by atoms with Gasteiger partial charge in [0, 0.05) is 10.4 Å². The van der Waals surface area contributed by atoms with Crippen LogP contribution in [-0.4, -0.2) is 31.4 Å². The van der Waals surface area contributed by atoms with E-state index in [2.05, 4.69) is 15.4 Å². The van der Waals surface area contributed by atoms with Gasteiger partial charge in [0.2, 0.25) is 5.91 Å². The number of esters is 1. The zero-order valence-corrected chi connectivity index (χ0v) is 14.3. The van der Waals surface area contributed by atoms with Crippen LogP contribution in [0.15, 0.2) is 41.8 Å². The molecule has 0 aliphatic heterocycles. The average molecular weight is 364 g/mol. The van der Waals surface area contributed by atoms with Crippen molar-refractivity contribution in [3.05, 3.63) is 58.0 Å². The second kappa shape index (κ2) is 8.93. The first-order valence-electron chi connectivity index (χ1n) is 7.43. The Morgan fingerprint density at radius 1 is 1.24 bits per heavy atom. The van der Waals surface area contributed by atoms with Gasteiger partial charge in [-0.3, -0.25) is 14.4 Å². The zero-order valence-electron chi connectivity index (χ0n) is 13.5. The van der Waals surface area contributed by atoms with Crippen molar-refractivity contribution in [1.82, 2.24) is 10.6 Å². The molecule has 132 valence electrons. The molecule has 2 rings (SSSR count). The normalized spacial score (nSPS) is 11.4. The molecule has 1 aromatic carbocycles. The lowest BCUT2D eigenvalue weighted by molar-refractivity contribution is -0.141. The molecule has 0 bridgehead atoms. The van der Waals surface area contributed by atoms with Gasteiger partial charge >= 0.3 is 5.97 Å². The number of carbonyl (C=O) groups is 3.